The minimum Gasteiger partial charge on any atom is -0.457 e. The standard InChI is InChI=1S/C21H28FN3O3/c1-23-21(24-12-3-13-27-15-14-26-2)25-16-17-4-8-19(9-5-17)28-20-10-6-18(22)7-11-20/h4-11H,3,12-16H2,1-2H3,(H2,23,24,25). The zero-order valence-corrected chi connectivity index (χ0v) is 16.4. The van der Waals surface area contributed by atoms with E-state index in [1.165, 1.54) is 12.1 Å². The van der Waals surface area contributed by atoms with Crippen LogP contribution in [0.3, 0.4) is 0 Å². The Balaban J connectivity index is 1.68. The first-order valence-electron chi connectivity index (χ1n) is 9.25. The molecule has 0 unspecified atom stereocenters. The van der Waals surface area contributed by atoms with E-state index in [4.69, 9.17) is 14.2 Å². The zero-order chi connectivity index (χ0) is 20.0. The molecule has 2 N–H and O–H groups in total. The molecule has 0 spiro atoms. The van der Waals surface area contributed by atoms with Gasteiger partial charge in [0.1, 0.15) is 17.3 Å². The van der Waals surface area contributed by atoms with Gasteiger partial charge in [-0.1, -0.05) is 12.1 Å². The van der Waals surface area contributed by atoms with Gasteiger partial charge in [-0.3, -0.25) is 4.99 Å². The first-order valence-corrected chi connectivity index (χ1v) is 9.25. The van der Waals surface area contributed by atoms with E-state index >= 15 is 0 Å². The van der Waals surface area contributed by atoms with E-state index < -0.39 is 0 Å². The predicted octanol–water partition coefficient (Wildman–Crippen LogP) is 3.34. The molecule has 0 saturated heterocycles. The van der Waals surface area contributed by atoms with E-state index in [0.29, 0.717) is 37.9 Å². The second kappa shape index (κ2) is 12.7. The van der Waals surface area contributed by atoms with Crippen molar-refractivity contribution >= 4 is 5.96 Å². The summed E-state index contributed by atoms with van der Waals surface area (Å²) in [5.74, 6) is 1.76. The molecule has 0 atom stereocenters. The molecule has 6 nitrogen and oxygen atoms in total. The number of ether oxygens (including phenoxy) is 3. The molecule has 0 aliphatic rings. The third kappa shape index (κ3) is 8.37. The number of rotatable bonds is 11. The second-order valence-corrected chi connectivity index (χ2v) is 6.01. The molecule has 0 fully saturated rings. The number of halogens is 1. The third-order valence-electron chi connectivity index (χ3n) is 3.85. The van der Waals surface area contributed by atoms with Crippen molar-refractivity contribution in [3.63, 3.8) is 0 Å². The summed E-state index contributed by atoms with van der Waals surface area (Å²) in [5.41, 5.74) is 1.09. The molecule has 0 saturated carbocycles. The quantitative estimate of drug-likeness (QED) is 0.351. The molecule has 2 rings (SSSR count). The molecule has 2 aromatic rings. The largest absolute Gasteiger partial charge is 0.457 e. The highest BCUT2D eigenvalue weighted by Gasteiger charge is 2.01. The Morgan fingerprint density at radius 1 is 0.929 bits per heavy atom. The third-order valence-corrected chi connectivity index (χ3v) is 3.85. The van der Waals surface area contributed by atoms with Gasteiger partial charge in [0, 0.05) is 33.9 Å². The molecule has 2 aromatic carbocycles. The molecule has 0 amide bonds. The molecular formula is C21H28FN3O3. The molecule has 0 aliphatic heterocycles. The van der Waals surface area contributed by atoms with Crippen LogP contribution >= 0.6 is 0 Å². The van der Waals surface area contributed by atoms with E-state index in [1.54, 1.807) is 26.3 Å². The van der Waals surface area contributed by atoms with Crippen LogP contribution in [0.15, 0.2) is 53.5 Å². The summed E-state index contributed by atoms with van der Waals surface area (Å²) < 4.78 is 29.0. The van der Waals surface area contributed by atoms with Crippen molar-refractivity contribution in [2.24, 2.45) is 4.99 Å². The highest BCUT2D eigenvalue weighted by molar-refractivity contribution is 5.79. The van der Waals surface area contributed by atoms with Crippen LogP contribution in [-0.2, 0) is 16.0 Å². The molecule has 0 bridgehead atoms. The van der Waals surface area contributed by atoms with Gasteiger partial charge in [-0.05, 0) is 48.4 Å². The average Bonchev–Trinajstić information content (AvgIpc) is 2.72. The van der Waals surface area contributed by atoms with Gasteiger partial charge in [-0.15, -0.1) is 0 Å². The minimum atomic E-state index is -0.283. The number of benzene rings is 2. The topological polar surface area (TPSA) is 64.1 Å². The number of methoxy groups -OCH3 is 1. The van der Waals surface area contributed by atoms with E-state index in [0.717, 1.165) is 24.5 Å². The van der Waals surface area contributed by atoms with E-state index in [2.05, 4.69) is 15.6 Å². The molecule has 152 valence electrons. The summed E-state index contributed by atoms with van der Waals surface area (Å²) in [6.07, 6.45) is 0.889. The SMILES string of the molecule is CN=C(NCCCOCCOC)NCc1ccc(Oc2ccc(F)cc2)cc1. The van der Waals surface area contributed by atoms with Crippen molar-refractivity contribution < 1.29 is 18.6 Å². The highest BCUT2D eigenvalue weighted by atomic mass is 19.1. The van der Waals surface area contributed by atoms with Gasteiger partial charge in [-0.2, -0.15) is 0 Å². The highest BCUT2D eigenvalue weighted by Crippen LogP contribution is 2.21. The molecule has 0 radical (unpaired) electrons. The summed E-state index contributed by atoms with van der Waals surface area (Å²) in [7, 11) is 3.40. The maximum absolute atomic E-state index is 12.9. The monoisotopic (exact) mass is 389 g/mol. The van der Waals surface area contributed by atoms with Gasteiger partial charge in [-0.25, -0.2) is 4.39 Å². The lowest BCUT2D eigenvalue weighted by molar-refractivity contribution is 0.0698. The maximum atomic E-state index is 12.9. The van der Waals surface area contributed by atoms with Crippen LogP contribution in [0, 0.1) is 5.82 Å². The van der Waals surface area contributed by atoms with Crippen LogP contribution < -0.4 is 15.4 Å². The first-order chi connectivity index (χ1) is 13.7. The molecule has 28 heavy (non-hydrogen) atoms. The van der Waals surface area contributed by atoms with Crippen molar-refractivity contribution in [1.29, 1.82) is 0 Å². The van der Waals surface area contributed by atoms with E-state index in [-0.39, 0.29) is 5.82 Å². The molecular weight excluding hydrogens is 361 g/mol. The summed E-state index contributed by atoms with van der Waals surface area (Å²) in [5, 5.41) is 6.52. The Labute approximate surface area is 165 Å². The Kier molecular flexibility index (Phi) is 9.82. The Morgan fingerprint density at radius 3 is 2.25 bits per heavy atom. The van der Waals surface area contributed by atoms with E-state index in [9.17, 15) is 4.39 Å². The van der Waals surface area contributed by atoms with Crippen LogP contribution in [0.1, 0.15) is 12.0 Å². The van der Waals surface area contributed by atoms with Gasteiger partial charge in [0.05, 0.1) is 13.2 Å². The van der Waals surface area contributed by atoms with Crippen molar-refractivity contribution in [3.8, 4) is 11.5 Å². The fourth-order valence-corrected chi connectivity index (χ4v) is 2.35. The fraction of sp³-hybridized carbons (Fsp3) is 0.381. The summed E-state index contributed by atoms with van der Waals surface area (Å²) in [6, 6.07) is 13.7. The lowest BCUT2D eigenvalue weighted by Crippen LogP contribution is -2.37. The molecule has 0 aliphatic carbocycles. The number of nitrogens with zero attached hydrogens (tertiary/aromatic N) is 1. The second-order valence-electron chi connectivity index (χ2n) is 6.01. The lowest BCUT2D eigenvalue weighted by Gasteiger charge is -2.12. The van der Waals surface area contributed by atoms with Crippen LogP contribution in [0.25, 0.3) is 0 Å². The van der Waals surface area contributed by atoms with Crippen molar-refractivity contribution in [2.75, 3.05) is 40.5 Å². The zero-order valence-electron chi connectivity index (χ0n) is 16.4. The van der Waals surface area contributed by atoms with Crippen LogP contribution in [-0.4, -0.2) is 46.5 Å². The Morgan fingerprint density at radius 2 is 1.61 bits per heavy atom. The predicted molar refractivity (Wildman–Crippen MR) is 108 cm³/mol. The number of hydrogen-bond donors (Lipinski definition) is 2. The minimum absolute atomic E-state index is 0.283. The molecule has 0 aromatic heterocycles. The van der Waals surface area contributed by atoms with Gasteiger partial charge in [0.2, 0.25) is 0 Å². The smallest absolute Gasteiger partial charge is 0.191 e. The van der Waals surface area contributed by atoms with Gasteiger partial charge < -0.3 is 24.8 Å². The van der Waals surface area contributed by atoms with E-state index in [1.807, 2.05) is 24.3 Å². The Hall–Kier alpha value is -2.64. The van der Waals surface area contributed by atoms with Crippen molar-refractivity contribution in [2.45, 2.75) is 13.0 Å². The van der Waals surface area contributed by atoms with Crippen LogP contribution in [0.2, 0.25) is 0 Å². The molecule has 7 heteroatoms. The van der Waals surface area contributed by atoms with Crippen LogP contribution in [0.4, 0.5) is 4.39 Å². The van der Waals surface area contributed by atoms with Crippen molar-refractivity contribution in [1.82, 2.24) is 10.6 Å². The normalized spacial score (nSPS) is 11.3. The summed E-state index contributed by atoms with van der Waals surface area (Å²) >= 11 is 0. The number of aliphatic imine (C=N–C) groups is 1. The number of guanidine groups is 1. The van der Waals surface area contributed by atoms with Crippen LogP contribution in [0.5, 0.6) is 11.5 Å². The van der Waals surface area contributed by atoms with Gasteiger partial charge in [0.25, 0.3) is 0 Å². The number of hydrogen-bond acceptors (Lipinski definition) is 4. The summed E-state index contributed by atoms with van der Waals surface area (Å²) in [6.45, 7) is 3.33. The van der Waals surface area contributed by atoms with Crippen molar-refractivity contribution in [3.05, 3.63) is 59.9 Å². The van der Waals surface area contributed by atoms with Gasteiger partial charge in [0.15, 0.2) is 5.96 Å². The Bertz CT molecular complexity index is 706. The maximum Gasteiger partial charge on any atom is 0.191 e. The lowest BCUT2D eigenvalue weighted by atomic mass is 10.2. The first kappa shape index (κ1) is 21.7. The van der Waals surface area contributed by atoms with Gasteiger partial charge >= 0.3 is 0 Å². The fourth-order valence-electron chi connectivity index (χ4n) is 2.35. The average molecular weight is 389 g/mol. The summed E-state index contributed by atoms with van der Waals surface area (Å²) in [4.78, 5) is 4.21. The molecule has 0 heterocycles. The number of nitrogens with one attached hydrogen (secondary N) is 2.